The average Bonchev–Trinajstić information content (AvgIpc) is 2.64. The van der Waals surface area contributed by atoms with E-state index in [1.807, 2.05) is 0 Å². The highest BCUT2D eigenvalue weighted by molar-refractivity contribution is 7.89. The smallest absolute Gasteiger partial charge is 0.238 e. The standard InChI is InChI=1S/C19H15Cl2N3O3S/c20-13-5-8-17(23-11-13)15-7-6-14(10-18(15)28(22,26)27)24-19(25)9-12-3-1-2-4-16(12)21/h1-8,10-11H,9H2,(H,24,25)(H2,22,26,27). The second kappa shape index (κ2) is 8.28. The number of amides is 1. The largest absolute Gasteiger partial charge is 0.326 e. The first kappa shape index (κ1) is 20.3. The Morgan fingerprint density at radius 2 is 1.82 bits per heavy atom. The maximum absolute atomic E-state index is 12.3. The highest BCUT2D eigenvalue weighted by Crippen LogP contribution is 2.29. The number of anilines is 1. The Balaban J connectivity index is 1.90. The summed E-state index contributed by atoms with van der Waals surface area (Å²) >= 11 is 11.9. The van der Waals surface area contributed by atoms with Crippen molar-refractivity contribution in [1.82, 2.24) is 4.98 Å². The van der Waals surface area contributed by atoms with Crippen molar-refractivity contribution in [2.75, 3.05) is 5.32 Å². The molecule has 0 aliphatic carbocycles. The fourth-order valence-electron chi connectivity index (χ4n) is 2.60. The van der Waals surface area contributed by atoms with Crippen molar-refractivity contribution in [1.29, 1.82) is 0 Å². The van der Waals surface area contributed by atoms with Crippen molar-refractivity contribution in [2.45, 2.75) is 11.3 Å². The van der Waals surface area contributed by atoms with Gasteiger partial charge in [0.2, 0.25) is 15.9 Å². The molecule has 6 nitrogen and oxygen atoms in total. The monoisotopic (exact) mass is 435 g/mol. The average molecular weight is 436 g/mol. The minimum atomic E-state index is -4.06. The van der Waals surface area contributed by atoms with Gasteiger partial charge in [0.15, 0.2) is 0 Å². The molecular formula is C19H15Cl2N3O3S. The van der Waals surface area contributed by atoms with Crippen LogP contribution in [0.3, 0.4) is 0 Å². The van der Waals surface area contributed by atoms with Gasteiger partial charge in [0.05, 0.1) is 22.0 Å². The number of hydrogen-bond donors (Lipinski definition) is 2. The number of hydrogen-bond acceptors (Lipinski definition) is 4. The van der Waals surface area contributed by atoms with Crippen molar-refractivity contribution >= 4 is 44.8 Å². The second-order valence-electron chi connectivity index (χ2n) is 5.93. The molecule has 0 aliphatic heterocycles. The molecule has 0 unspecified atom stereocenters. The molecule has 0 radical (unpaired) electrons. The number of carbonyl (C=O) groups excluding carboxylic acids is 1. The lowest BCUT2D eigenvalue weighted by atomic mass is 10.1. The summed E-state index contributed by atoms with van der Waals surface area (Å²) in [6.07, 6.45) is 1.45. The number of aromatic nitrogens is 1. The number of rotatable bonds is 5. The number of pyridine rings is 1. The van der Waals surface area contributed by atoms with Crippen LogP contribution in [0.1, 0.15) is 5.56 Å². The van der Waals surface area contributed by atoms with E-state index >= 15 is 0 Å². The van der Waals surface area contributed by atoms with Crippen molar-refractivity contribution in [2.24, 2.45) is 5.14 Å². The number of nitrogens with two attached hydrogens (primary N) is 1. The lowest BCUT2D eigenvalue weighted by Gasteiger charge is -2.11. The van der Waals surface area contributed by atoms with E-state index in [0.29, 0.717) is 32.6 Å². The minimum absolute atomic E-state index is 0.0465. The van der Waals surface area contributed by atoms with Gasteiger partial charge >= 0.3 is 0 Å². The van der Waals surface area contributed by atoms with Gasteiger partial charge in [-0.25, -0.2) is 13.6 Å². The molecule has 3 rings (SSSR count). The predicted octanol–water partition coefficient (Wildman–Crippen LogP) is 3.88. The minimum Gasteiger partial charge on any atom is -0.326 e. The van der Waals surface area contributed by atoms with Gasteiger partial charge < -0.3 is 5.32 Å². The Morgan fingerprint density at radius 1 is 1.07 bits per heavy atom. The van der Waals surface area contributed by atoms with Crippen LogP contribution < -0.4 is 10.5 Å². The van der Waals surface area contributed by atoms with Gasteiger partial charge in [0.25, 0.3) is 0 Å². The summed E-state index contributed by atoms with van der Waals surface area (Å²) in [6.45, 7) is 0. The number of halogens is 2. The summed E-state index contributed by atoms with van der Waals surface area (Å²) in [7, 11) is -4.06. The van der Waals surface area contributed by atoms with E-state index < -0.39 is 10.0 Å². The Kier molecular flexibility index (Phi) is 6.00. The summed E-state index contributed by atoms with van der Waals surface area (Å²) in [6, 6.07) is 14.6. The van der Waals surface area contributed by atoms with Gasteiger partial charge in [0.1, 0.15) is 0 Å². The number of sulfonamides is 1. The van der Waals surface area contributed by atoms with Crippen LogP contribution in [0.2, 0.25) is 10.0 Å². The number of primary sulfonamides is 1. The zero-order valence-corrected chi connectivity index (χ0v) is 16.7. The van der Waals surface area contributed by atoms with Crippen molar-refractivity contribution in [3.05, 3.63) is 76.4 Å². The predicted molar refractivity (Wildman–Crippen MR) is 110 cm³/mol. The molecule has 3 aromatic rings. The maximum Gasteiger partial charge on any atom is 0.238 e. The molecular weight excluding hydrogens is 421 g/mol. The molecule has 3 N–H and O–H groups in total. The third-order valence-electron chi connectivity index (χ3n) is 3.88. The molecule has 0 atom stereocenters. The third kappa shape index (κ3) is 4.88. The first-order valence-corrected chi connectivity index (χ1v) is 10.4. The highest BCUT2D eigenvalue weighted by atomic mass is 35.5. The topological polar surface area (TPSA) is 102 Å². The second-order valence-corrected chi connectivity index (χ2v) is 8.31. The fourth-order valence-corrected chi connectivity index (χ4v) is 3.69. The zero-order chi connectivity index (χ0) is 20.3. The van der Waals surface area contributed by atoms with Crippen LogP contribution in [0.4, 0.5) is 5.69 Å². The van der Waals surface area contributed by atoms with E-state index in [1.54, 1.807) is 42.5 Å². The van der Waals surface area contributed by atoms with E-state index in [4.69, 9.17) is 28.3 Å². The van der Waals surface area contributed by atoms with Gasteiger partial charge in [-0.15, -0.1) is 0 Å². The molecule has 0 saturated carbocycles. The quantitative estimate of drug-likeness (QED) is 0.634. The number of nitrogens with zero attached hydrogens (tertiary/aromatic N) is 1. The summed E-state index contributed by atoms with van der Waals surface area (Å²) in [5.41, 5.74) is 1.65. The fraction of sp³-hybridized carbons (Fsp3) is 0.0526. The molecule has 1 heterocycles. The van der Waals surface area contributed by atoms with E-state index in [1.165, 1.54) is 18.3 Å². The van der Waals surface area contributed by atoms with Crippen molar-refractivity contribution in [3.63, 3.8) is 0 Å². The lowest BCUT2D eigenvalue weighted by Crippen LogP contribution is -2.17. The summed E-state index contributed by atoms with van der Waals surface area (Å²) in [5.74, 6) is -0.342. The molecule has 1 aromatic heterocycles. The molecule has 0 saturated heterocycles. The molecule has 0 spiro atoms. The highest BCUT2D eigenvalue weighted by Gasteiger charge is 2.18. The van der Waals surface area contributed by atoms with Crippen LogP contribution >= 0.6 is 23.2 Å². The van der Waals surface area contributed by atoms with E-state index in [2.05, 4.69) is 10.3 Å². The lowest BCUT2D eigenvalue weighted by molar-refractivity contribution is -0.115. The molecule has 28 heavy (non-hydrogen) atoms. The summed E-state index contributed by atoms with van der Waals surface area (Å²) in [4.78, 5) is 16.3. The van der Waals surface area contributed by atoms with Gasteiger partial charge in [0, 0.05) is 22.5 Å². The Labute approximate surface area is 172 Å². The molecule has 1 amide bonds. The van der Waals surface area contributed by atoms with Crippen LogP contribution in [-0.2, 0) is 21.2 Å². The number of carbonyl (C=O) groups is 1. The van der Waals surface area contributed by atoms with E-state index in [0.717, 1.165) is 0 Å². The van der Waals surface area contributed by atoms with Crippen LogP contribution in [0.25, 0.3) is 11.3 Å². The van der Waals surface area contributed by atoms with Crippen LogP contribution in [0.5, 0.6) is 0 Å². The first-order valence-electron chi connectivity index (χ1n) is 8.06. The first-order chi connectivity index (χ1) is 13.2. The van der Waals surface area contributed by atoms with Gasteiger partial charge in [-0.3, -0.25) is 9.78 Å². The number of benzene rings is 2. The van der Waals surface area contributed by atoms with Crippen molar-refractivity contribution in [3.8, 4) is 11.3 Å². The third-order valence-corrected chi connectivity index (χ3v) is 5.43. The molecule has 9 heteroatoms. The van der Waals surface area contributed by atoms with Gasteiger partial charge in [-0.2, -0.15) is 0 Å². The SMILES string of the molecule is NS(=O)(=O)c1cc(NC(=O)Cc2ccccc2Cl)ccc1-c1ccc(Cl)cn1. The van der Waals surface area contributed by atoms with Crippen molar-refractivity contribution < 1.29 is 13.2 Å². The summed E-state index contributed by atoms with van der Waals surface area (Å²) in [5, 5.41) is 8.91. The van der Waals surface area contributed by atoms with Crippen LogP contribution in [0, 0.1) is 0 Å². The van der Waals surface area contributed by atoms with Crippen LogP contribution in [-0.4, -0.2) is 19.3 Å². The summed E-state index contributed by atoms with van der Waals surface area (Å²) < 4.78 is 24.1. The van der Waals surface area contributed by atoms with Crippen LogP contribution in [0.15, 0.2) is 65.7 Å². The Morgan fingerprint density at radius 3 is 2.46 bits per heavy atom. The van der Waals surface area contributed by atoms with Gasteiger partial charge in [-0.05, 0) is 42.0 Å². The van der Waals surface area contributed by atoms with E-state index in [-0.39, 0.29) is 17.2 Å². The molecule has 0 fully saturated rings. The van der Waals surface area contributed by atoms with Gasteiger partial charge in [-0.1, -0.05) is 41.4 Å². The molecule has 0 bridgehead atoms. The normalized spacial score (nSPS) is 11.2. The Bertz CT molecular complexity index is 1130. The zero-order valence-electron chi connectivity index (χ0n) is 14.4. The maximum atomic E-state index is 12.3. The number of nitrogens with one attached hydrogen (secondary N) is 1. The molecule has 144 valence electrons. The molecule has 0 aliphatic rings. The van der Waals surface area contributed by atoms with E-state index in [9.17, 15) is 13.2 Å². The molecule has 2 aromatic carbocycles. The Hall–Kier alpha value is -2.45.